The predicted molar refractivity (Wildman–Crippen MR) is 63.6 cm³/mol. The highest BCUT2D eigenvalue weighted by Crippen LogP contribution is 2.24. The first-order valence-electron chi connectivity index (χ1n) is 6.44. The van der Waals surface area contributed by atoms with E-state index >= 15 is 0 Å². The monoisotopic (exact) mass is 197 g/mol. The molecule has 1 unspecified atom stereocenters. The van der Waals surface area contributed by atoms with Crippen molar-refractivity contribution in [3.63, 3.8) is 0 Å². The molecule has 0 radical (unpaired) electrons. The summed E-state index contributed by atoms with van der Waals surface area (Å²) in [5.74, 6) is 0.944. The molecule has 1 aliphatic heterocycles. The zero-order valence-corrected chi connectivity index (χ0v) is 10.3. The van der Waals surface area contributed by atoms with Gasteiger partial charge in [0.1, 0.15) is 0 Å². The van der Waals surface area contributed by atoms with Crippen molar-refractivity contribution in [1.29, 1.82) is 0 Å². The van der Waals surface area contributed by atoms with Gasteiger partial charge in [0.05, 0.1) is 0 Å². The number of hydrogen-bond donors (Lipinski definition) is 0. The van der Waals surface area contributed by atoms with Crippen LogP contribution in [0.4, 0.5) is 0 Å². The van der Waals surface area contributed by atoms with E-state index in [4.69, 9.17) is 0 Å². The molecule has 0 saturated carbocycles. The van der Waals surface area contributed by atoms with E-state index in [1.165, 1.54) is 51.5 Å². The second kappa shape index (κ2) is 6.44. The van der Waals surface area contributed by atoms with Crippen molar-refractivity contribution in [2.24, 2.45) is 5.92 Å². The van der Waals surface area contributed by atoms with Crippen LogP contribution >= 0.6 is 0 Å². The molecule has 1 nitrogen and oxygen atoms in total. The summed E-state index contributed by atoms with van der Waals surface area (Å²) in [5, 5.41) is 0. The Balaban J connectivity index is 1.95. The average molecular weight is 197 g/mol. The number of rotatable bonds is 7. The Morgan fingerprint density at radius 2 is 2.07 bits per heavy atom. The zero-order valence-electron chi connectivity index (χ0n) is 10.3. The van der Waals surface area contributed by atoms with E-state index in [2.05, 4.69) is 25.8 Å². The summed E-state index contributed by atoms with van der Waals surface area (Å²) >= 11 is 0. The molecule has 0 bridgehead atoms. The lowest BCUT2D eigenvalue weighted by atomic mass is 9.90. The van der Waals surface area contributed by atoms with E-state index in [0.29, 0.717) is 0 Å². The van der Waals surface area contributed by atoms with Gasteiger partial charge in [-0.1, -0.05) is 46.0 Å². The molecule has 0 aromatic carbocycles. The molecule has 1 aliphatic rings. The van der Waals surface area contributed by atoms with Gasteiger partial charge in [0.25, 0.3) is 0 Å². The summed E-state index contributed by atoms with van der Waals surface area (Å²) in [6, 6.07) is 0.913. The van der Waals surface area contributed by atoms with Crippen LogP contribution in [0.15, 0.2) is 0 Å². The number of nitrogens with zero attached hydrogens (tertiary/aromatic N) is 1. The third-order valence-corrected chi connectivity index (χ3v) is 3.66. The quantitative estimate of drug-likeness (QED) is 0.563. The molecule has 0 aliphatic carbocycles. The second-order valence-corrected chi connectivity index (χ2v) is 5.11. The van der Waals surface area contributed by atoms with Gasteiger partial charge in [-0.05, 0) is 32.4 Å². The molecule has 14 heavy (non-hydrogen) atoms. The first-order chi connectivity index (χ1) is 6.74. The lowest BCUT2D eigenvalue weighted by Crippen LogP contribution is -2.45. The van der Waals surface area contributed by atoms with Crippen LogP contribution in [0.2, 0.25) is 0 Å². The fraction of sp³-hybridized carbons (Fsp3) is 1.00. The van der Waals surface area contributed by atoms with E-state index in [1.807, 2.05) is 0 Å². The smallest absolute Gasteiger partial charge is 0.0107 e. The number of unbranched alkanes of at least 4 members (excludes halogenated alkanes) is 3. The first-order valence-corrected chi connectivity index (χ1v) is 6.44. The molecule has 0 aromatic heterocycles. The topological polar surface area (TPSA) is 3.24 Å². The van der Waals surface area contributed by atoms with E-state index in [-0.39, 0.29) is 0 Å². The molecule has 0 aromatic rings. The molecule has 0 amide bonds. The lowest BCUT2D eigenvalue weighted by molar-refractivity contribution is 0.102. The maximum absolute atomic E-state index is 2.50. The third kappa shape index (κ3) is 4.00. The number of hydrogen-bond acceptors (Lipinski definition) is 1. The molecule has 0 spiro atoms. The molecule has 84 valence electrons. The van der Waals surface area contributed by atoms with Gasteiger partial charge in [-0.15, -0.1) is 0 Å². The Morgan fingerprint density at radius 1 is 1.29 bits per heavy atom. The zero-order chi connectivity index (χ0) is 10.4. The van der Waals surface area contributed by atoms with Gasteiger partial charge in [-0.25, -0.2) is 0 Å². The summed E-state index contributed by atoms with van der Waals surface area (Å²) in [6.45, 7) is 6.04. The summed E-state index contributed by atoms with van der Waals surface area (Å²) < 4.78 is 0. The molecule has 1 heteroatoms. The van der Waals surface area contributed by atoms with E-state index < -0.39 is 0 Å². The van der Waals surface area contributed by atoms with E-state index in [0.717, 1.165) is 12.0 Å². The van der Waals surface area contributed by atoms with Gasteiger partial charge >= 0.3 is 0 Å². The minimum Gasteiger partial charge on any atom is -0.303 e. The minimum absolute atomic E-state index is 0.913. The molecular weight excluding hydrogens is 170 g/mol. The molecular formula is C13H27N. The Labute approximate surface area is 89.9 Å². The van der Waals surface area contributed by atoms with Gasteiger partial charge in [0, 0.05) is 6.04 Å². The summed E-state index contributed by atoms with van der Waals surface area (Å²) in [7, 11) is 2.26. The highest BCUT2D eigenvalue weighted by atomic mass is 15.2. The molecule has 2 atom stereocenters. The minimum atomic E-state index is 0.913. The third-order valence-electron chi connectivity index (χ3n) is 3.66. The van der Waals surface area contributed by atoms with Crippen LogP contribution in [0.5, 0.6) is 0 Å². The Hall–Kier alpha value is -0.0400. The van der Waals surface area contributed by atoms with Crippen molar-refractivity contribution >= 4 is 0 Å². The Bertz CT molecular complexity index is 144. The molecule has 1 heterocycles. The van der Waals surface area contributed by atoms with Crippen molar-refractivity contribution in [2.45, 2.75) is 64.8 Å². The van der Waals surface area contributed by atoms with E-state index in [9.17, 15) is 0 Å². The van der Waals surface area contributed by atoms with Gasteiger partial charge < -0.3 is 4.90 Å². The summed E-state index contributed by atoms with van der Waals surface area (Å²) in [6.07, 6.45) is 10.0. The highest BCUT2D eigenvalue weighted by Gasteiger charge is 2.25. The summed E-state index contributed by atoms with van der Waals surface area (Å²) in [4.78, 5) is 2.50. The van der Waals surface area contributed by atoms with Gasteiger partial charge in [0.15, 0.2) is 0 Å². The van der Waals surface area contributed by atoms with Crippen LogP contribution in [0, 0.1) is 5.92 Å². The van der Waals surface area contributed by atoms with Crippen molar-refractivity contribution in [3.05, 3.63) is 0 Å². The summed E-state index contributed by atoms with van der Waals surface area (Å²) in [5.41, 5.74) is 0. The standard InChI is InChI=1S/C13H27N/c1-4-5-6-7-8-12(2)11-13-9-10-14(13)3/h12-13H,4-11H2,1-3H3/t12?,13-/m1/s1. The van der Waals surface area contributed by atoms with Crippen LogP contribution in [-0.4, -0.2) is 24.5 Å². The molecule has 0 N–H and O–H groups in total. The van der Waals surface area contributed by atoms with E-state index in [1.54, 1.807) is 0 Å². The fourth-order valence-corrected chi connectivity index (χ4v) is 2.37. The van der Waals surface area contributed by atoms with Gasteiger partial charge in [-0.2, -0.15) is 0 Å². The van der Waals surface area contributed by atoms with Crippen molar-refractivity contribution in [1.82, 2.24) is 4.90 Å². The molecule has 1 fully saturated rings. The Kier molecular flexibility index (Phi) is 5.54. The van der Waals surface area contributed by atoms with Crippen molar-refractivity contribution < 1.29 is 0 Å². The number of likely N-dealkylation sites (tertiary alicyclic amines) is 1. The highest BCUT2D eigenvalue weighted by molar-refractivity contribution is 4.80. The Morgan fingerprint density at radius 3 is 2.57 bits per heavy atom. The van der Waals surface area contributed by atoms with Crippen LogP contribution in [-0.2, 0) is 0 Å². The van der Waals surface area contributed by atoms with Gasteiger partial charge in [0.2, 0.25) is 0 Å². The molecule has 1 rings (SSSR count). The average Bonchev–Trinajstić information content (AvgIpc) is 2.19. The normalized spacial score (nSPS) is 24.6. The maximum Gasteiger partial charge on any atom is 0.0107 e. The first kappa shape index (κ1) is 12.0. The predicted octanol–water partition coefficient (Wildman–Crippen LogP) is 3.69. The van der Waals surface area contributed by atoms with Gasteiger partial charge in [-0.3, -0.25) is 0 Å². The van der Waals surface area contributed by atoms with Crippen molar-refractivity contribution in [2.75, 3.05) is 13.6 Å². The lowest BCUT2D eigenvalue weighted by Gasteiger charge is -2.39. The van der Waals surface area contributed by atoms with Crippen LogP contribution in [0.25, 0.3) is 0 Å². The fourth-order valence-electron chi connectivity index (χ4n) is 2.37. The SMILES string of the molecule is CCCCCCC(C)C[C@H]1CCN1C. The van der Waals surface area contributed by atoms with Crippen LogP contribution in [0.1, 0.15) is 58.8 Å². The van der Waals surface area contributed by atoms with Crippen LogP contribution in [0.3, 0.4) is 0 Å². The second-order valence-electron chi connectivity index (χ2n) is 5.11. The maximum atomic E-state index is 2.50. The van der Waals surface area contributed by atoms with Crippen molar-refractivity contribution in [3.8, 4) is 0 Å². The van der Waals surface area contributed by atoms with Crippen LogP contribution < -0.4 is 0 Å². The molecule has 1 saturated heterocycles. The largest absolute Gasteiger partial charge is 0.303 e.